The molecule has 2 N–H and O–H groups in total. The minimum absolute atomic E-state index is 0.0907. The first-order chi connectivity index (χ1) is 14.1. The van der Waals surface area contributed by atoms with Crippen molar-refractivity contribution in [2.24, 2.45) is 0 Å². The van der Waals surface area contributed by atoms with E-state index >= 15 is 0 Å². The van der Waals surface area contributed by atoms with Gasteiger partial charge < -0.3 is 20.3 Å². The molecule has 0 aliphatic carbocycles. The molecule has 8 heteroatoms. The van der Waals surface area contributed by atoms with Crippen LogP contribution in [0.4, 0.5) is 10.8 Å². The van der Waals surface area contributed by atoms with Gasteiger partial charge in [-0.2, -0.15) is 0 Å². The molecular weight excluding hydrogens is 388 g/mol. The lowest BCUT2D eigenvalue weighted by Gasteiger charge is -2.25. The zero-order chi connectivity index (χ0) is 20.2. The Hall–Kier alpha value is -2.97. The van der Waals surface area contributed by atoms with E-state index in [0.29, 0.717) is 24.5 Å². The molecule has 0 spiro atoms. The minimum Gasteiger partial charge on any atom is -0.378 e. The van der Waals surface area contributed by atoms with E-state index in [0.717, 1.165) is 34.0 Å². The number of hydrogen-bond acceptors (Lipinski definition) is 6. The van der Waals surface area contributed by atoms with Crippen LogP contribution in [-0.2, 0) is 9.53 Å². The van der Waals surface area contributed by atoms with Gasteiger partial charge in [0.05, 0.1) is 30.0 Å². The predicted octanol–water partition coefficient (Wildman–Crippen LogP) is 2.81. The first-order valence-corrected chi connectivity index (χ1v) is 10.3. The lowest BCUT2D eigenvalue weighted by molar-refractivity contribution is -0.115. The molecule has 0 radical (unpaired) electrons. The molecule has 1 aromatic heterocycles. The summed E-state index contributed by atoms with van der Waals surface area (Å²) in [5.41, 5.74) is 3.13. The van der Waals surface area contributed by atoms with Crippen LogP contribution in [0.25, 0.3) is 10.2 Å². The van der Waals surface area contributed by atoms with E-state index in [1.165, 1.54) is 0 Å². The number of thiazole rings is 1. The van der Waals surface area contributed by atoms with Crippen molar-refractivity contribution < 1.29 is 14.3 Å². The van der Waals surface area contributed by atoms with Gasteiger partial charge >= 0.3 is 0 Å². The van der Waals surface area contributed by atoms with Gasteiger partial charge in [0.15, 0.2) is 5.13 Å². The zero-order valence-electron chi connectivity index (χ0n) is 16.1. The molecule has 3 aromatic rings. The number of carbonyl (C=O) groups is 2. The number of aryl methyl sites for hydroxylation is 1. The molecule has 150 valence electrons. The van der Waals surface area contributed by atoms with Crippen LogP contribution in [-0.4, -0.2) is 49.6 Å². The molecule has 1 aliphatic rings. The van der Waals surface area contributed by atoms with Gasteiger partial charge in [0, 0.05) is 24.3 Å². The van der Waals surface area contributed by atoms with Crippen molar-refractivity contribution >= 4 is 44.2 Å². The minimum atomic E-state index is -0.275. The van der Waals surface area contributed by atoms with Gasteiger partial charge in [-0.15, -0.1) is 0 Å². The normalized spacial score (nSPS) is 14.0. The lowest BCUT2D eigenvalue weighted by Crippen LogP contribution is -2.36. The number of amides is 2. The van der Waals surface area contributed by atoms with Crippen LogP contribution < -0.4 is 15.5 Å². The summed E-state index contributed by atoms with van der Waals surface area (Å²) in [6.07, 6.45) is 0. The van der Waals surface area contributed by atoms with E-state index in [-0.39, 0.29) is 18.4 Å². The summed E-state index contributed by atoms with van der Waals surface area (Å²) in [7, 11) is 0. The summed E-state index contributed by atoms with van der Waals surface area (Å²) in [6.45, 7) is 4.93. The van der Waals surface area contributed by atoms with E-state index in [1.807, 2.05) is 37.3 Å². The molecule has 2 amide bonds. The third-order valence-corrected chi connectivity index (χ3v) is 5.71. The first kappa shape index (κ1) is 19.4. The lowest BCUT2D eigenvalue weighted by atomic mass is 10.1. The quantitative estimate of drug-likeness (QED) is 0.676. The van der Waals surface area contributed by atoms with Crippen molar-refractivity contribution in [1.29, 1.82) is 0 Å². The molecule has 0 unspecified atom stereocenters. The zero-order valence-corrected chi connectivity index (χ0v) is 16.9. The second kappa shape index (κ2) is 8.59. The Morgan fingerprint density at radius 3 is 2.79 bits per heavy atom. The van der Waals surface area contributed by atoms with Crippen LogP contribution in [0.2, 0.25) is 0 Å². The summed E-state index contributed by atoms with van der Waals surface area (Å²) in [5, 5.41) is 6.45. The predicted molar refractivity (Wildman–Crippen MR) is 115 cm³/mol. The number of aromatic nitrogens is 1. The number of rotatable bonds is 5. The molecule has 1 aliphatic heterocycles. The Balaban J connectivity index is 1.37. The first-order valence-electron chi connectivity index (χ1n) is 9.46. The molecule has 1 saturated heterocycles. The SMILES string of the molecule is Cc1cccc(C(=O)NCC(=O)Nc2ccc3nc(N4CCOCC4)sc3c2)c1. The molecular formula is C21H22N4O3S. The fourth-order valence-corrected chi connectivity index (χ4v) is 4.19. The number of nitrogens with one attached hydrogen (secondary N) is 2. The van der Waals surface area contributed by atoms with E-state index in [4.69, 9.17) is 4.74 Å². The smallest absolute Gasteiger partial charge is 0.251 e. The second-order valence-electron chi connectivity index (χ2n) is 6.88. The summed E-state index contributed by atoms with van der Waals surface area (Å²) in [4.78, 5) is 31.3. The van der Waals surface area contributed by atoms with Gasteiger partial charge in [0.25, 0.3) is 5.91 Å². The van der Waals surface area contributed by atoms with Crippen molar-refractivity contribution in [3.8, 4) is 0 Å². The average molecular weight is 410 g/mol. The number of nitrogens with zero attached hydrogens (tertiary/aromatic N) is 2. The van der Waals surface area contributed by atoms with Crippen LogP contribution >= 0.6 is 11.3 Å². The average Bonchev–Trinajstić information content (AvgIpc) is 3.16. The molecule has 0 saturated carbocycles. The summed E-state index contributed by atoms with van der Waals surface area (Å²) in [5.74, 6) is -0.541. The van der Waals surface area contributed by atoms with Gasteiger partial charge in [-0.1, -0.05) is 29.0 Å². The highest BCUT2D eigenvalue weighted by Crippen LogP contribution is 2.31. The summed E-state index contributed by atoms with van der Waals surface area (Å²) < 4.78 is 6.40. The third kappa shape index (κ3) is 4.72. The maximum Gasteiger partial charge on any atom is 0.251 e. The largest absolute Gasteiger partial charge is 0.378 e. The Labute approximate surface area is 172 Å². The number of carbonyl (C=O) groups excluding carboxylic acids is 2. The summed E-state index contributed by atoms with van der Waals surface area (Å²) >= 11 is 1.60. The highest BCUT2D eigenvalue weighted by Gasteiger charge is 2.16. The van der Waals surface area contributed by atoms with Crippen LogP contribution in [0.3, 0.4) is 0 Å². The number of anilines is 2. The van der Waals surface area contributed by atoms with Crippen molar-refractivity contribution in [2.45, 2.75) is 6.92 Å². The van der Waals surface area contributed by atoms with Crippen LogP contribution in [0, 0.1) is 6.92 Å². The fourth-order valence-electron chi connectivity index (χ4n) is 3.13. The van der Waals surface area contributed by atoms with Crippen molar-refractivity contribution in [3.05, 3.63) is 53.6 Å². The van der Waals surface area contributed by atoms with Crippen LogP contribution in [0.1, 0.15) is 15.9 Å². The standard InChI is InChI=1S/C21H22N4O3S/c1-14-3-2-4-15(11-14)20(27)22-13-19(26)23-16-5-6-17-18(12-16)29-21(24-17)25-7-9-28-10-8-25/h2-6,11-12H,7-10,13H2,1H3,(H,22,27)(H,23,26). The molecule has 2 heterocycles. The van der Waals surface area contributed by atoms with E-state index < -0.39 is 0 Å². The van der Waals surface area contributed by atoms with Gasteiger partial charge in [-0.05, 0) is 37.3 Å². The van der Waals surface area contributed by atoms with Gasteiger partial charge in [0.2, 0.25) is 5.91 Å². The fraction of sp³-hybridized carbons (Fsp3) is 0.286. The van der Waals surface area contributed by atoms with E-state index in [2.05, 4.69) is 20.5 Å². The van der Waals surface area contributed by atoms with Crippen molar-refractivity contribution in [2.75, 3.05) is 43.1 Å². The van der Waals surface area contributed by atoms with E-state index in [9.17, 15) is 9.59 Å². The third-order valence-electron chi connectivity index (χ3n) is 4.63. The Morgan fingerprint density at radius 2 is 2.00 bits per heavy atom. The van der Waals surface area contributed by atoms with Gasteiger partial charge in [-0.25, -0.2) is 4.98 Å². The summed E-state index contributed by atoms with van der Waals surface area (Å²) in [6, 6.07) is 12.9. The Kier molecular flexibility index (Phi) is 5.73. The highest BCUT2D eigenvalue weighted by molar-refractivity contribution is 7.22. The number of ether oxygens (including phenoxy) is 1. The second-order valence-corrected chi connectivity index (χ2v) is 7.89. The van der Waals surface area contributed by atoms with Crippen molar-refractivity contribution in [3.63, 3.8) is 0 Å². The number of hydrogen-bond donors (Lipinski definition) is 2. The Morgan fingerprint density at radius 1 is 1.17 bits per heavy atom. The van der Waals surface area contributed by atoms with Gasteiger partial charge in [0.1, 0.15) is 0 Å². The monoisotopic (exact) mass is 410 g/mol. The van der Waals surface area contributed by atoms with E-state index in [1.54, 1.807) is 23.5 Å². The molecule has 7 nitrogen and oxygen atoms in total. The molecule has 4 rings (SSSR count). The molecule has 0 bridgehead atoms. The maximum absolute atomic E-state index is 12.2. The topological polar surface area (TPSA) is 83.6 Å². The van der Waals surface area contributed by atoms with Crippen LogP contribution in [0.15, 0.2) is 42.5 Å². The number of fused-ring (bicyclic) bond motifs is 1. The van der Waals surface area contributed by atoms with Gasteiger partial charge in [-0.3, -0.25) is 9.59 Å². The molecule has 2 aromatic carbocycles. The van der Waals surface area contributed by atoms with Crippen molar-refractivity contribution in [1.82, 2.24) is 10.3 Å². The van der Waals surface area contributed by atoms with Crippen LogP contribution in [0.5, 0.6) is 0 Å². The molecule has 29 heavy (non-hydrogen) atoms. The number of morpholine rings is 1. The Bertz CT molecular complexity index is 1040. The highest BCUT2D eigenvalue weighted by atomic mass is 32.1. The maximum atomic E-state index is 12.2. The molecule has 0 atom stereocenters. The number of benzene rings is 2. The molecule has 1 fully saturated rings.